The largest absolute Gasteiger partial charge is 0.302 e. The van der Waals surface area contributed by atoms with E-state index in [9.17, 15) is 0 Å². The summed E-state index contributed by atoms with van der Waals surface area (Å²) in [4.78, 5) is 9.87. The molecule has 23 heavy (non-hydrogen) atoms. The minimum absolute atomic E-state index is 0. The summed E-state index contributed by atoms with van der Waals surface area (Å²) < 4.78 is -0.741. The first-order chi connectivity index (χ1) is 10.5. The Morgan fingerprint density at radius 1 is 0.739 bits per heavy atom. The van der Waals surface area contributed by atoms with Crippen molar-refractivity contribution >= 4 is 23.2 Å². The van der Waals surface area contributed by atoms with Gasteiger partial charge >= 0.3 is 0 Å². The molecule has 0 aromatic carbocycles. The van der Waals surface area contributed by atoms with Gasteiger partial charge in [0.2, 0.25) is 0 Å². The van der Waals surface area contributed by atoms with Crippen LogP contribution in [-0.4, -0.2) is 96.0 Å². The maximum atomic E-state index is 6.73. The molecule has 0 amide bonds. The van der Waals surface area contributed by atoms with Crippen molar-refractivity contribution in [1.29, 1.82) is 0 Å². The van der Waals surface area contributed by atoms with Crippen LogP contribution < -0.4 is 0 Å². The molecule has 2 fully saturated rings. The van der Waals surface area contributed by atoms with Gasteiger partial charge in [0.15, 0.2) is 4.46 Å². The van der Waals surface area contributed by atoms with Crippen LogP contribution in [0.25, 0.3) is 0 Å². The van der Waals surface area contributed by atoms with Gasteiger partial charge in [-0.1, -0.05) is 37.0 Å². The molecule has 0 aromatic heterocycles. The minimum atomic E-state index is -0.741. The van der Waals surface area contributed by atoms with E-state index in [1.165, 1.54) is 19.5 Å². The molecule has 0 spiro atoms. The fraction of sp³-hybridized carbons (Fsp3) is 1.00. The van der Waals surface area contributed by atoms with Gasteiger partial charge in [-0.25, -0.2) is 0 Å². The molecule has 0 aromatic rings. The first-order valence-electron chi connectivity index (χ1n) is 8.85. The van der Waals surface area contributed by atoms with Crippen molar-refractivity contribution in [2.24, 2.45) is 0 Å². The smallest absolute Gasteiger partial charge is 0.172 e. The molecule has 2 rings (SSSR count). The third-order valence-electron chi connectivity index (χ3n) is 5.14. The van der Waals surface area contributed by atoms with Crippen LogP contribution in [0, 0.1) is 0 Å². The average Bonchev–Trinajstić information content (AvgIpc) is 2.51. The number of hydrogen-bond donors (Lipinski definition) is 0. The molecule has 2 atom stereocenters. The minimum Gasteiger partial charge on any atom is -0.302 e. The molecule has 0 saturated carbocycles. The zero-order valence-corrected chi connectivity index (χ0v) is 17.3. The van der Waals surface area contributed by atoms with E-state index < -0.39 is 4.46 Å². The van der Waals surface area contributed by atoms with Gasteiger partial charge in [0.05, 0.1) is 0 Å². The Hall–Kier alpha value is 0.939. The standard InChI is InChI=1S/C16H32Cl2N4.Mn/c1-3-19-7-5-8-21-11-10-20(4-2)9-6-16(17,18)22(14-12-19)15-13-21;/h3-15H2,1-2H3;. The van der Waals surface area contributed by atoms with E-state index in [-0.39, 0.29) is 17.1 Å². The third-order valence-corrected chi connectivity index (χ3v) is 6.00. The van der Waals surface area contributed by atoms with Gasteiger partial charge in [0.1, 0.15) is 0 Å². The first kappa shape index (κ1) is 22.0. The van der Waals surface area contributed by atoms with Gasteiger partial charge < -0.3 is 14.7 Å². The van der Waals surface area contributed by atoms with Gasteiger partial charge in [-0.05, 0) is 32.6 Å². The van der Waals surface area contributed by atoms with Gasteiger partial charge in [0, 0.05) is 69.3 Å². The fourth-order valence-electron chi connectivity index (χ4n) is 3.41. The second-order valence-corrected chi connectivity index (χ2v) is 7.91. The molecule has 2 saturated heterocycles. The SMILES string of the molecule is CCN1CCCN2CCN(CC)CCC(Cl)(Cl)N(CC1)CC2.[Mn]. The van der Waals surface area contributed by atoms with Gasteiger partial charge in [-0.2, -0.15) is 0 Å². The number of nitrogens with zero attached hydrogens (tertiary/aromatic N) is 4. The van der Waals surface area contributed by atoms with Crippen LogP contribution in [-0.2, 0) is 17.1 Å². The molecule has 137 valence electrons. The number of hydrogen-bond acceptors (Lipinski definition) is 4. The van der Waals surface area contributed by atoms with Crippen molar-refractivity contribution in [3.63, 3.8) is 0 Å². The summed E-state index contributed by atoms with van der Waals surface area (Å²) in [6.45, 7) is 16.3. The topological polar surface area (TPSA) is 13.0 Å². The van der Waals surface area contributed by atoms with E-state index in [0.29, 0.717) is 0 Å². The van der Waals surface area contributed by atoms with Crippen LogP contribution in [0.3, 0.4) is 0 Å². The van der Waals surface area contributed by atoms with Crippen LogP contribution in [0.1, 0.15) is 26.7 Å². The Labute approximate surface area is 162 Å². The average molecular weight is 406 g/mol. The van der Waals surface area contributed by atoms with Gasteiger partial charge in [-0.15, -0.1) is 0 Å². The predicted molar refractivity (Wildman–Crippen MR) is 95.9 cm³/mol. The van der Waals surface area contributed by atoms with E-state index in [0.717, 1.165) is 65.3 Å². The fourth-order valence-corrected chi connectivity index (χ4v) is 3.91. The molecule has 2 aliphatic rings. The Bertz CT molecular complexity index is 331. The Morgan fingerprint density at radius 2 is 1.30 bits per heavy atom. The summed E-state index contributed by atoms with van der Waals surface area (Å²) in [5, 5.41) is 0. The van der Waals surface area contributed by atoms with E-state index in [1.54, 1.807) is 0 Å². The first-order valence-corrected chi connectivity index (χ1v) is 9.60. The zero-order chi connectivity index (χ0) is 16.0. The predicted octanol–water partition coefficient (Wildman–Crippen LogP) is 2.17. The molecule has 4 nitrogen and oxygen atoms in total. The third kappa shape index (κ3) is 6.99. The van der Waals surface area contributed by atoms with E-state index in [1.807, 2.05) is 0 Å². The summed E-state index contributed by atoms with van der Waals surface area (Å²) >= 11 is 13.5. The van der Waals surface area contributed by atoms with Crippen LogP contribution in [0.4, 0.5) is 0 Å². The van der Waals surface area contributed by atoms with E-state index >= 15 is 0 Å². The number of halogens is 2. The summed E-state index contributed by atoms with van der Waals surface area (Å²) in [6.07, 6.45) is 2.07. The van der Waals surface area contributed by atoms with Crippen molar-refractivity contribution in [1.82, 2.24) is 19.6 Å². The molecule has 7 heteroatoms. The van der Waals surface area contributed by atoms with Crippen molar-refractivity contribution in [2.75, 3.05) is 72.0 Å². The van der Waals surface area contributed by atoms with Gasteiger partial charge in [-0.3, -0.25) is 4.90 Å². The summed E-state index contributed by atoms with van der Waals surface area (Å²) in [7, 11) is 0. The molecule has 2 unspecified atom stereocenters. The van der Waals surface area contributed by atoms with Crippen molar-refractivity contribution in [2.45, 2.75) is 31.1 Å². The van der Waals surface area contributed by atoms with Crippen molar-refractivity contribution < 1.29 is 17.1 Å². The van der Waals surface area contributed by atoms with Crippen molar-refractivity contribution in [3.05, 3.63) is 0 Å². The van der Waals surface area contributed by atoms with E-state index in [2.05, 4.69) is 33.4 Å². The Balaban J connectivity index is 0.00000264. The number of alkyl halides is 2. The molecule has 2 heterocycles. The molecule has 1 radical (unpaired) electrons. The Morgan fingerprint density at radius 3 is 2.00 bits per heavy atom. The maximum absolute atomic E-state index is 6.73. The maximum Gasteiger partial charge on any atom is 0.172 e. The van der Waals surface area contributed by atoms with Crippen LogP contribution >= 0.6 is 23.2 Å². The number of likely N-dealkylation sites (N-methyl/N-ethyl adjacent to an activating group) is 2. The normalized spacial score (nSPS) is 31.3. The van der Waals surface area contributed by atoms with Crippen LogP contribution in [0.15, 0.2) is 0 Å². The molecule has 2 aliphatic heterocycles. The van der Waals surface area contributed by atoms with Crippen molar-refractivity contribution in [3.8, 4) is 0 Å². The monoisotopic (exact) mass is 405 g/mol. The molecular weight excluding hydrogens is 374 g/mol. The quantitative estimate of drug-likeness (QED) is 0.396. The second-order valence-electron chi connectivity index (χ2n) is 6.47. The van der Waals surface area contributed by atoms with Gasteiger partial charge in [0.25, 0.3) is 0 Å². The summed E-state index contributed by atoms with van der Waals surface area (Å²) in [5.41, 5.74) is 0. The Kier molecular flexibility index (Phi) is 10.3. The molecule has 0 N–H and O–H groups in total. The summed E-state index contributed by atoms with van der Waals surface area (Å²) in [5.74, 6) is 0. The zero-order valence-electron chi connectivity index (χ0n) is 14.6. The molecular formula is C16H32Cl2MnN4. The molecule has 2 bridgehead atoms. The summed E-state index contributed by atoms with van der Waals surface area (Å²) in [6, 6.07) is 0. The van der Waals surface area contributed by atoms with Crippen LogP contribution in [0.2, 0.25) is 0 Å². The van der Waals surface area contributed by atoms with E-state index in [4.69, 9.17) is 23.2 Å². The number of fused-ring (bicyclic) bond motifs is 3. The molecule has 0 aliphatic carbocycles. The van der Waals surface area contributed by atoms with Crippen LogP contribution in [0.5, 0.6) is 0 Å². The number of rotatable bonds is 2. The second kappa shape index (κ2) is 10.8.